The third-order valence-corrected chi connectivity index (χ3v) is 13.3. The molecule has 0 spiro atoms. The number of unbranched alkanes of at least 4 members (excludes halogenated alkanes) is 2. The van der Waals surface area contributed by atoms with Crippen LogP contribution in [0.15, 0.2) is 54.7 Å². The molecular formula is C46H65N9O13S2. The number of carboxylic acid groups (broad SMARTS) is 1. The standard InChI is InChI=1S/C46H65N9O13S2/c1-24(56)36-43(64)53-35(42(63)55-37(25(2)57)44(65)66)23-70-69-22-30(47)38(59)51-33(19-26-14-16-28(58)17-15-26)40(61)52-34(20-27-21-49-31-12-9-8-11-29(27)31)41(62)50-32(39(60)54-36)13-7-6-10-18-48-45(67)68-46(3,4)5/h8-9,11-12,14-17,21,24-25,30,32-37,49,56-58H,6-7,10,13,18-20,22-23,47H2,1-5H3,(H,48,67)(H,50,62)(H,51,59)(H,52,61)(H,53,64)(H,54,60)(H,55,63)(H,65,66)/t24-,25-,30+,32+,33+,34-,35+,36+,37+/m1/s1. The summed E-state index contributed by atoms with van der Waals surface area (Å²) in [7, 11) is 1.97. The summed E-state index contributed by atoms with van der Waals surface area (Å²) in [6.45, 7) is 7.74. The number of rotatable bonds is 15. The van der Waals surface area contributed by atoms with Crippen molar-refractivity contribution in [3.63, 3.8) is 0 Å². The molecule has 1 fully saturated rings. The number of carboxylic acids is 1. The van der Waals surface area contributed by atoms with Gasteiger partial charge in [-0.05, 0) is 76.8 Å². The number of phenols is 1. The maximum Gasteiger partial charge on any atom is 0.407 e. The Morgan fingerprint density at radius 2 is 1.40 bits per heavy atom. The fraction of sp³-hybridized carbons (Fsp3) is 0.522. The maximum absolute atomic E-state index is 14.6. The van der Waals surface area contributed by atoms with Crippen LogP contribution in [0, 0.1) is 0 Å². The van der Waals surface area contributed by atoms with Gasteiger partial charge in [0, 0.05) is 48.0 Å². The number of nitrogens with one attached hydrogen (secondary N) is 8. The van der Waals surface area contributed by atoms with Crippen molar-refractivity contribution in [3.8, 4) is 5.75 Å². The van der Waals surface area contributed by atoms with Crippen molar-refractivity contribution in [2.45, 2.75) is 133 Å². The van der Waals surface area contributed by atoms with Gasteiger partial charge in [-0.25, -0.2) is 9.59 Å². The zero-order valence-corrected chi connectivity index (χ0v) is 41.2. The van der Waals surface area contributed by atoms with Crippen molar-refractivity contribution < 1.29 is 63.5 Å². The molecule has 24 heteroatoms. The Kier molecular flexibility index (Phi) is 21.6. The predicted molar refractivity (Wildman–Crippen MR) is 262 cm³/mol. The summed E-state index contributed by atoms with van der Waals surface area (Å²) in [4.78, 5) is 112. The number of aromatic amines is 1. The Hall–Kier alpha value is -6.08. The van der Waals surface area contributed by atoms with Crippen LogP contribution in [0.5, 0.6) is 5.75 Å². The molecule has 1 aliphatic rings. The molecule has 22 nitrogen and oxygen atoms in total. The lowest BCUT2D eigenvalue weighted by Gasteiger charge is -2.29. The SMILES string of the molecule is C[C@@H](O)[C@H](NC(=O)[C@@H]1CSSC[C@H](N)C(=O)N[C@@H](Cc2ccc(O)cc2)C(=O)N[C@H](Cc2c[nH]c3ccccc23)C(=O)N[C@@H](CCCCCNC(=O)OC(C)(C)C)C(=O)N[C@@H]([C@@H](C)O)C(=O)N1)C(=O)O. The van der Waals surface area contributed by atoms with E-state index in [2.05, 4.69) is 42.2 Å². The largest absolute Gasteiger partial charge is 0.508 e. The normalized spacial score (nSPS) is 22.7. The van der Waals surface area contributed by atoms with Crippen molar-refractivity contribution >= 4 is 80.0 Å². The van der Waals surface area contributed by atoms with Crippen LogP contribution < -0.4 is 43.0 Å². The smallest absolute Gasteiger partial charge is 0.407 e. The van der Waals surface area contributed by atoms with E-state index in [1.807, 2.05) is 18.2 Å². The van der Waals surface area contributed by atoms with Crippen LogP contribution in [0.25, 0.3) is 10.9 Å². The van der Waals surface area contributed by atoms with Crippen LogP contribution in [-0.2, 0) is 51.1 Å². The van der Waals surface area contributed by atoms with E-state index in [-0.39, 0.29) is 49.5 Å². The molecule has 7 amide bonds. The van der Waals surface area contributed by atoms with E-state index in [1.165, 1.54) is 19.1 Å². The van der Waals surface area contributed by atoms with Gasteiger partial charge in [-0.2, -0.15) is 0 Å². The highest BCUT2D eigenvalue weighted by molar-refractivity contribution is 8.76. The number of nitrogens with two attached hydrogens (primary N) is 1. The molecule has 9 atom stereocenters. The van der Waals surface area contributed by atoms with Crippen molar-refractivity contribution in [3.05, 3.63) is 65.9 Å². The Bertz CT molecular complexity index is 2290. The van der Waals surface area contributed by atoms with Crippen LogP contribution in [-0.4, -0.2) is 151 Å². The number of alkyl carbamates (subject to hydrolysis) is 1. The number of carbonyl (C=O) groups is 8. The number of phenolic OH excluding ortho intramolecular Hbond substituents is 1. The maximum atomic E-state index is 14.6. The van der Waals surface area contributed by atoms with Gasteiger partial charge in [-0.3, -0.25) is 28.8 Å². The summed E-state index contributed by atoms with van der Waals surface area (Å²) in [6.07, 6.45) is -1.20. The first kappa shape index (κ1) is 56.5. The number of ether oxygens (including phenoxy) is 1. The zero-order chi connectivity index (χ0) is 51.7. The Labute approximate surface area is 412 Å². The van der Waals surface area contributed by atoms with Gasteiger partial charge >= 0.3 is 12.1 Å². The molecule has 2 aromatic carbocycles. The quantitative estimate of drug-likeness (QED) is 0.0715. The molecule has 384 valence electrons. The lowest BCUT2D eigenvalue weighted by atomic mass is 10.0. The third kappa shape index (κ3) is 18.0. The van der Waals surface area contributed by atoms with E-state index >= 15 is 0 Å². The van der Waals surface area contributed by atoms with Gasteiger partial charge in [0.05, 0.1) is 18.2 Å². The third-order valence-electron chi connectivity index (χ3n) is 10.9. The van der Waals surface area contributed by atoms with E-state index in [0.29, 0.717) is 24.0 Å². The summed E-state index contributed by atoms with van der Waals surface area (Å²) in [5, 5.41) is 59.2. The Morgan fingerprint density at radius 3 is 2.04 bits per heavy atom. The van der Waals surface area contributed by atoms with E-state index in [9.17, 15) is 58.8 Å². The minimum atomic E-state index is -1.78. The monoisotopic (exact) mass is 1020 g/mol. The van der Waals surface area contributed by atoms with Crippen LogP contribution in [0.4, 0.5) is 4.79 Å². The first-order chi connectivity index (χ1) is 33.0. The molecule has 0 unspecified atom stereocenters. The minimum Gasteiger partial charge on any atom is -0.508 e. The second-order valence-corrected chi connectivity index (χ2v) is 20.5. The molecule has 14 N–H and O–H groups in total. The number of para-hydroxylation sites is 1. The summed E-state index contributed by atoms with van der Waals surface area (Å²) in [5.74, 6) is -7.39. The number of hydrogen-bond acceptors (Lipinski definition) is 15. The molecular weight excluding hydrogens is 951 g/mol. The average Bonchev–Trinajstić information content (AvgIpc) is 3.69. The average molecular weight is 1020 g/mol. The van der Waals surface area contributed by atoms with Crippen molar-refractivity contribution in [2.24, 2.45) is 5.73 Å². The van der Waals surface area contributed by atoms with Gasteiger partial charge in [-0.1, -0.05) is 64.8 Å². The molecule has 0 saturated carbocycles. The first-order valence-electron chi connectivity index (χ1n) is 22.7. The number of amides is 7. The number of aromatic nitrogens is 1. The highest BCUT2D eigenvalue weighted by Gasteiger charge is 2.36. The summed E-state index contributed by atoms with van der Waals surface area (Å²) >= 11 is 0. The number of aliphatic hydroxyl groups excluding tert-OH is 2. The topological polar surface area (TPSA) is 353 Å². The molecule has 4 rings (SSSR count). The Balaban J connectivity index is 1.73. The highest BCUT2D eigenvalue weighted by atomic mass is 33.1. The first-order valence-corrected chi connectivity index (χ1v) is 25.2. The fourth-order valence-corrected chi connectivity index (χ4v) is 9.40. The van der Waals surface area contributed by atoms with Gasteiger partial charge in [0.25, 0.3) is 0 Å². The number of hydrogen-bond donors (Lipinski definition) is 13. The van der Waals surface area contributed by atoms with Crippen molar-refractivity contribution in [1.29, 1.82) is 0 Å². The van der Waals surface area contributed by atoms with Crippen LogP contribution in [0.2, 0.25) is 0 Å². The molecule has 1 saturated heterocycles. The van der Waals surface area contributed by atoms with Crippen LogP contribution in [0.3, 0.4) is 0 Å². The molecule has 0 aliphatic carbocycles. The molecule has 1 aromatic heterocycles. The van der Waals surface area contributed by atoms with Crippen LogP contribution in [0.1, 0.15) is 71.4 Å². The second-order valence-electron chi connectivity index (χ2n) is 17.9. The number of benzene rings is 2. The number of aromatic hydroxyl groups is 1. The van der Waals surface area contributed by atoms with Gasteiger partial charge in [0.1, 0.15) is 41.6 Å². The molecule has 1 aliphatic heterocycles. The predicted octanol–water partition coefficient (Wildman–Crippen LogP) is 0.221. The lowest BCUT2D eigenvalue weighted by molar-refractivity contribution is -0.145. The molecule has 0 radical (unpaired) electrons. The fourth-order valence-electron chi connectivity index (χ4n) is 7.11. The summed E-state index contributed by atoms with van der Waals surface area (Å²) in [6, 6.07) is 2.73. The number of H-pyrrole nitrogens is 1. The number of aliphatic carboxylic acids is 1. The van der Waals surface area contributed by atoms with E-state index in [0.717, 1.165) is 39.4 Å². The molecule has 70 heavy (non-hydrogen) atoms. The van der Waals surface area contributed by atoms with E-state index in [1.54, 1.807) is 45.2 Å². The number of fused-ring (bicyclic) bond motifs is 1. The van der Waals surface area contributed by atoms with Gasteiger partial charge in [-0.15, -0.1) is 0 Å². The van der Waals surface area contributed by atoms with Crippen molar-refractivity contribution in [1.82, 2.24) is 42.2 Å². The molecule has 0 bridgehead atoms. The lowest BCUT2D eigenvalue weighted by Crippen LogP contribution is -2.62. The van der Waals surface area contributed by atoms with Crippen LogP contribution >= 0.6 is 21.6 Å². The summed E-state index contributed by atoms with van der Waals surface area (Å²) < 4.78 is 5.28. The highest BCUT2D eigenvalue weighted by Crippen LogP contribution is 2.24. The Morgan fingerprint density at radius 1 is 0.786 bits per heavy atom. The van der Waals surface area contributed by atoms with Gasteiger partial charge in [0.2, 0.25) is 35.4 Å². The summed E-state index contributed by atoms with van der Waals surface area (Å²) in [5.41, 5.74) is 7.47. The minimum absolute atomic E-state index is 0.0415. The van der Waals surface area contributed by atoms with Crippen molar-refractivity contribution in [2.75, 3.05) is 18.1 Å². The number of aliphatic hydroxyl groups is 2. The zero-order valence-electron chi connectivity index (χ0n) is 39.6. The van der Waals surface area contributed by atoms with Gasteiger partial charge in [0.15, 0.2) is 6.04 Å². The van der Waals surface area contributed by atoms with E-state index in [4.69, 9.17) is 10.5 Å². The number of carbonyl (C=O) groups excluding carboxylic acids is 7. The molecule has 2 heterocycles. The van der Waals surface area contributed by atoms with E-state index < -0.39 is 108 Å². The molecule has 3 aromatic rings. The second kappa shape index (κ2) is 26.8. The van der Waals surface area contributed by atoms with Gasteiger partial charge < -0.3 is 73.1 Å².